The van der Waals surface area contributed by atoms with Gasteiger partial charge in [-0.2, -0.15) is 0 Å². The van der Waals surface area contributed by atoms with Crippen molar-refractivity contribution in [2.75, 3.05) is 6.54 Å². The highest BCUT2D eigenvalue weighted by Gasteiger charge is 2.05. The molecule has 0 radical (unpaired) electrons. The van der Waals surface area contributed by atoms with Gasteiger partial charge in [0.05, 0.1) is 18.6 Å². The molecule has 4 heteroatoms. The summed E-state index contributed by atoms with van der Waals surface area (Å²) in [6.45, 7) is 8.33. The number of hydrogen-bond acceptors (Lipinski definition) is 2. The predicted octanol–water partition coefficient (Wildman–Crippen LogP) is 2.64. The molecule has 0 aliphatic heterocycles. The number of aromatic nitrogens is 3. The van der Waals surface area contributed by atoms with Crippen molar-refractivity contribution >= 4 is 0 Å². The van der Waals surface area contributed by atoms with Crippen LogP contribution < -0.4 is 5.32 Å². The van der Waals surface area contributed by atoms with E-state index in [1.54, 1.807) is 0 Å². The molecule has 2 heterocycles. The lowest BCUT2D eigenvalue weighted by atomic mass is 10.3. The first-order chi connectivity index (χ1) is 9.35. The van der Waals surface area contributed by atoms with Gasteiger partial charge in [-0.1, -0.05) is 13.8 Å². The summed E-state index contributed by atoms with van der Waals surface area (Å²) in [5.74, 6) is 0. The van der Waals surface area contributed by atoms with Gasteiger partial charge in [-0.15, -0.1) is 0 Å². The van der Waals surface area contributed by atoms with Crippen LogP contribution in [0.1, 0.15) is 38.1 Å². The number of nitrogens with one attached hydrogen (secondary N) is 1. The van der Waals surface area contributed by atoms with E-state index in [0.717, 1.165) is 32.6 Å². The summed E-state index contributed by atoms with van der Waals surface area (Å²) in [6, 6.07) is 4.30. The predicted molar refractivity (Wildman–Crippen MR) is 78.0 cm³/mol. The maximum absolute atomic E-state index is 4.26. The Kier molecular flexibility index (Phi) is 5.21. The van der Waals surface area contributed by atoms with E-state index < -0.39 is 0 Å². The van der Waals surface area contributed by atoms with Crippen LogP contribution in [0.25, 0.3) is 0 Å². The Morgan fingerprint density at radius 1 is 1.16 bits per heavy atom. The van der Waals surface area contributed by atoms with Gasteiger partial charge in [0.25, 0.3) is 0 Å². The summed E-state index contributed by atoms with van der Waals surface area (Å²) in [6.07, 6.45) is 8.35. The second kappa shape index (κ2) is 7.14. The Labute approximate surface area is 115 Å². The molecule has 0 aromatic carbocycles. The molecule has 2 aromatic heterocycles. The standard InChI is InChI=1S/C15H24N4/c1-3-7-16-10-14-6-5-9-18(14)12-15-11-17-13-19(15)8-4-2/h5-6,9,11,13,16H,3-4,7-8,10,12H2,1-2H3. The molecule has 1 N–H and O–H groups in total. The van der Waals surface area contributed by atoms with Crippen molar-refractivity contribution < 1.29 is 0 Å². The van der Waals surface area contributed by atoms with Crippen molar-refractivity contribution in [2.45, 2.75) is 46.3 Å². The summed E-state index contributed by atoms with van der Waals surface area (Å²) < 4.78 is 4.54. The van der Waals surface area contributed by atoms with Crippen LogP contribution in [0.4, 0.5) is 0 Å². The molecule has 104 valence electrons. The molecule has 0 atom stereocenters. The highest BCUT2D eigenvalue weighted by molar-refractivity contribution is 5.10. The minimum Gasteiger partial charge on any atom is -0.344 e. The molecular weight excluding hydrogens is 236 g/mol. The van der Waals surface area contributed by atoms with Crippen molar-refractivity contribution in [1.82, 2.24) is 19.4 Å². The molecule has 0 saturated heterocycles. The summed E-state index contributed by atoms with van der Waals surface area (Å²) in [7, 11) is 0. The number of nitrogens with zero attached hydrogens (tertiary/aromatic N) is 3. The van der Waals surface area contributed by atoms with E-state index >= 15 is 0 Å². The molecule has 0 saturated carbocycles. The van der Waals surface area contributed by atoms with Crippen LogP contribution in [-0.2, 0) is 19.6 Å². The van der Waals surface area contributed by atoms with Gasteiger partial charge in [-0.05, 0) is 31.5 Å². The molecule has 2 aromatic rings. The molecule has 0 unspecified atom stereocenters. The third-order valence-corrected chi connectivity index (χ3v) is 3.25. The Morgan fingerprint density at radius 3 is 2.84 bits per heavy atom. The average molecular weight is 260 g/mol. The van der Waals surface area contributed by atoms with E-state index in [4.69, 9.17) is 0 Å². The van der Waals surface area contributed by atoms with Crippen LogP contribution in [0.2, 0.25) is 0 Å². The monoisotopic (exact) mass is 260 g/mol. The molecule has 0 aliphatic carbocycles. The van der Waals surface area contributed by atoms with Crippen LogP contribution in [0.5, 0.6) is 0 Å². The van der Waals surface area contributed by atoms with E-state index in [0.29, 0.717) is 0 Å². The highest BCUT2D eigenvalue weighted by Crippen LogP contribution is 2.08. The van der Waals surface area contributed by atoms with Crippen LogP contribution in [0, 0.1) is 0 Å². The van der Waals surface area contributed by atoms with Gasteiger partial charge in [0.2, 0.25) is 0 Å². The summed E-state index contributed by atoms with van der Waals surface area (Å²) >= 11 is 0. The van der Waals surface area contributed by atoms with Gasteiger partial charge in [0, 0.05) is 31.2 Å². The Morgan fingerprint density at radius 2 is 2.05 bits per heavy atom. The van der Waals surface area contributed by atoms with Gasteiger partial charge in [0.15, 0.2) is 0 Å². The van der Waals surface area contributed by atoms with E-state index in [-0.39, 0.29) is 0 Å². The minimum atomic E-state index is 0.899. The van der Waals surface area contributed by atoms with Crippen molar-refractivity contribution in [3.63, 3.8) is 0 Å². The van der Waals surface area contributed by atoms with E-state index in [1.165, 1.54) is 17.8 Å². The van der Waals surface area contributed by atoms with E-state index in [1.807, 2.05) is 12.5 Å². The Bertz CT molecular complexity index is 484. The summed E-state index contributed by atoms with van der Waals surface area (Å²) in [5.41, 5.74) is 2.60. The van der Waals surface area contributed by atoms with Crippen molar-refractivity contribution in [1.29, 1.82) is 0 Å². The highest BCUT2D eigenvalue weighted by atomic mass is 15.1. The Hall–Kier alpha value is -1.55. The van der Waals surface area contributed by atoms with E-state index in [9.17, 15) is 0 Å². The van der Waals surface area contributed by atoms with E-state index in [2.05, 4.69) is 51.6 Å². The first kappa shape index (κ1) is 13.9. The van der Waals surface area contributed by atoms with Crippen molar-refractivity contribution in [3.8, 4) is 0 Å². The van der Waals surface area contributed by atoms with Gasteiger partial charge >= 0.3 is 0 Å². The van der Waals surface area contributed by atoms with Crippen molar-refractivity contribution in [3.05, 3.63) is 42.2 Å². The average Bonchev–Trinajstić information content (AvgIpc) is 3.02. The second-order valence-electron chi connectivity index (χ2n) is 4.88. The molecule has 2 rings (SSSR count). The fraction of sp³-hybridized carbons (Fsp3) is 0.533. The molecule has 0 aliphatic rings. The normalized spacial score (nSPS) is 11.1. The molecular formula is C15H24N4. The smallest absolute Gasteiger partial charge is 0.0948 e. The fourth-order valence-electron chi connectivity index (χ4n) is 2.25. The van der Waals surface area contributed by atoms with Crippen LogP contribution in [0.15, 0.2) is 30.9 Å². The van der Waals surface area contributed by atoms with Gasteiger partial charge in [-0.25, -0.2) is 4.98 Å². The van der Waals surface area contributed by atoms with Crippen molar-refractivity contribution in [2.24, 2.45) is 0 Å². The first-order valence-corrected chi connectivity index (χ1v) is 7.18. The Balaban J connectivity index is 2.02. The molecule has 0 amide bonds. The number of hydrogen-bond donors (Lipinski definition) is 1. The zero-order valence-corrected chi connectivity index (χ0v) is 12.0. The third-order valence-electron chi connectivity index (χ3n) is 3.25. The number of rotatable bonds is 8. The molecule has 0 fully saturated rings. The molecule has 0 spiro atoms. The number of imidazole rings is 1. The zero-order chi connectivity index (χ0) is 13.5. The maximum atomic E-state index is 4.26. The largest absolute Gasteiger partial charge is 0.344 e. The zero-order valence-electron chi connectivity index (χ0n) is 12.0. The lowest BCUT2D eigenvalue weighted by molar-refractivity contribution is 0.596. The topological polar surface area (TPSA) is 34.8 Å². The minimum absolute atomic E-state index is 0.899. The summed E-state index contributed by atoms with van der Waals surface area (Å²) in [4.78, 5) is 4.26. The SMILES string of the molecule is CCCNCc1cccn1Cc1cncn1CCC. The molecule has 0 bridgehead atoms. The summed E-state index contributed by atoms with van der Waals surface area (Å²) in [5, 5.41) is 3.45. The lowest BCUT2D eigenvalue weighted by Crippen LogP contribution is -2.17. The second-order valence-corrected chi connectivity index (χ2v) is 4.88. The van der Waals surface area contributed by atoms with Crippen LogP contribution in [0.3, 0.4) is 0 Å². The van der Waals surface area contributed by atoms with Gasteiger partial charge in [-0.3, -0.25) is 0 Å². The van der Waals surface area contributed by atoms with Gasteiger partial charge < -0.3 is 14.5 Å². The van der Waals surface area contributed by atoms with Crippen LogP contribution >= 0.6 is 0 Å². The van der Waals surface area contributed by atoms with Crippen LogP contribution in [-0.4, -0.2) is 20.7 Å². The third kappa shape index (κ3) is 3.70. The quantitative estimate of drug-likeness (QED) is 0.741. The first-order valence-electron chi connectivity index (χ1n) is 7.18. The maximum Gasteiger partial charge on any atom is 0.0948 e. The number of aryl methyl sites for hydroxylation is 1. The van der Waals surface area contributed by atoms with Gasteiger partial charge in [0.1, 0.15) is 0 Å². The fourth-order valence-corrected chi connectivity index (χ4v) is 2.25. The molecule has 19 heavy (non-hydrogen) atoms. The molecule has 4 nitrogen and oxygen atoms in total. The lowest BCUT2D eigenvalue weighted by Gasteiger charge is -2.12.